The molecule has 0 aromatic carbocycles. The molecule has 2 aliphatic rings. The minimum absolute atomic E-state index is 0.280. The van der Waals surface area contributed by atoms with Crippen molar-refractivity contribution in [1.82, 2.24) is 0 Å². The summed E-state index contributed by atoms with van der Waals surface area (Å²) < 4.78 is 5.68. The van der Waals surface area contributed by atoms with E-state index >= 15 is 0 Å². The Morgan fingerprint density at radius 3 is 2.40 bits per heavy atom. The monoisotopic (exact) mass is 140 g/mol. The fraction of sp³-hybridized carbons (Fsp3) is 1.00. The van der Waals surface area contributed by atoms with Crippen LogP contribution < -0.4 is 0 Å². The van der Waals surface area contributed by atoms with Crippen molar-refractivity contribution in [1.29, 1.82) is 0 Å². The molecular weight excluding hydrogens is 124 g/mol. The van der Waals surface area contributed by atoms with Crippen LogP contribution in [0.25, 0.3) is 0 Å². The highest BCUT2D eigenvalue weighted by Gasteiger charge is 2.61. The first kappa shape index (κ1) is 6.66. The van der Waals surface area contributed by atoms with Gasteiger partial charge in [-0.25, -0.2) is 0 Å². The van der Waals surface area contributed by atoms with Crippen LogP contribution in [0.2, 0.25) is 0 Å². The Labute approximate surface area is 62.8 Å². The van der Waals surface area contributed by atoms with Crippen LogP contribution in [0.5, 0.6) is 0 Å². The normalized spacial score (nSPS) is 50.1. The molecule has 58 valence electrons. The van der Waals surface area contributed by atoms with Crippen LogP contribution in [0.15, 0.2) is 0 Å². The van der Waals surface area contributed by atoms with Gasteiger partial charge in [0.05, 0.1) is 11.7 Å². The van der Waals surface area contributed by atoms with Gasteiger partial charge in [0.15, 0.2) is 0 Å². The Morgan fingerprint density at radius 1 is 1.20 bits per heavy atom. The molecule has 10 heavy (non-hydrogen) atoms. The maximum atomic E-state index is 5.68. The van der Waals surface area contributed by atoms with Crippen molar-refractivity contribution in [2.24, 2.45) is 5.41 Å². The predicted octanol–water partition coefficient (Wildman–Crippen LogP) is 2.35. The summed E-state index contributed by atoms with van der Waals surface area (Å²) in [6.07, 6.45) is 4.53. The van der Waals surface area contributed by atoms with E-state index in [-0.39, 0.29) is 5.60 Å². The molecule has 1 heteroatoms. The van der Waals surface area contributed by atoms with Crippen molar-refractivity contribution in [3.8, 4) is 0 Å². The Bertz CT molecular complexity index is 162. The fourth-order valence-corrected chi connectivity index (χ4v) is 2.44. The van der Waals surface area contributed by atoms with Crippen molar-refractivity contribution in [3.05, 3.63) is 0 Å². The van der Waals surface area contributed by atoms with E-state index in [1.165, 1.54) is 19.3 Å². The van der Waals surface area contributed by atoms with Crippen molar-refractivity contribution in [2.45, 2.75) is 51.7 Å². The van der Waals surface area contributed by atoms with Crippen LogP contribution in [0.4, 0.5) is 0 Å². The second-order valence-electron chi connectivity index (χ2n) is 4.65. The first-order valence-electron chi connectivity index (χ1n) is 4.22. The maximum Gasteiger partial charge on any atom is 0.0926 e. The van der Waals surface area contributed by atoms with Crippen molar-refractivity contribution in [2.75, 3.05) is 0 Å². The van der Waals surface area contributed by atoms with E-state index < -0.39 is 0 Å². The van der Waals surface area contributed by atoms with E-state index in [9.17, 15) is 0 Å². The molecule has 0 unspecified atom stereocenters. The molecule has 1 saturated heterocycles. The lowest BCUT2D eigenvalue weighted by Crippen LogP contribution is -2.30. The molecule has 2 atom stereocenters. The number of rotatable bonds is 0. The van der Waals surface area contributed by atoms with Crippen molar-refractivity contribution in [3.63, 3.8) is 0 Å². The second-order valence-corrected chi connectivity index (χ2v) is 4.65. The van der Waals surface area contributed by atoms with Crippen LogP contribution in [0.3, 0.4) is 0 Å². The number of epoxide rings is 1. The van der Waals surface area contributed by atoms with Gasteiger partial charge in [0, 0.05) is 0 Å². The molecular formula is C9H16O. The van der Waals surface area contributed by atoms with Crippen LogP contribution in [0, 0.1) is 5.41 Å². The Balaban J connectivity index is 2.16. The van der Waals surface area contributed by atoms with Gasteiger partial charge in [-0.2, -0.15) is 0 Å². The summed E-state index contributed by atoms with van der Waals surface area (Å²) in [6.45, 7) is 6.89. The molecule has 1 aliphatic carbocycles. The van der Waals surface area contributed by atoms with Crippen LogP contribution >= 0.6 is 0 Å². The molecule has 0 radical (unpaired) electrons. The molecule has 1 saturated carbocycles. The van der Waals surface area contributed by atoms with E-state index in [2.05, 4.69) is 20.8 Å². The minimum atomic E-state index is 0.280. The summed E-state index contributed by atoms with van der Waals surface area (Å²) in [5, 5.41) is 0. The lowest BCUT2D eigenvalue weighted by Gasteiger charge is -2.28. The molecule has 0 aromatic heterocycles. The largest absolute Gasteiger partial charge is 0.366 e. The van der Waals surface area contributed by atoms with E-state index in [0.717, 1.165) is 0 Å². The van der Waals surface area contributed by atoms with Gasteiger partial charge in [0.1, 0.15) is 0 Å². The highest BCUT2D eigenvalue weighted by molar-refractivity contribution is 5.09. The van der Waals surface area contributed by atoms with Gasteiger partial charge in [-0.15, -0.1) is 0 Å². The van der Waals surface area contributed by atoms with E-state index in [0.29, 0.717) is 11.5 Å². The molecule has 0 amide bonds. The van der Waals surface area contributed by atoms with Crippen LogP contribution in [0.1, 0.15) is 40.0 Å². The fourth-order valence-electron chi connectivity index (χ4n) is 2.44. The van der Waals surface area contributed by atoms with Crippen LogP contribution in [-0.4, -0.2) is 11.7 Å². The second kappa shape index (κ2) is 1.58. The SMILES string of the molecule is CC1(C)CCC[C@]2(C)O[C@@H]12. The molecule has 2 fully saturated rings. The highest BCUT2D eigenvalue weighted by atomic mass is 16.6. The van der Waals surface area contributed by atoms with Crippen molar-refractivity contribution < 1.29 is 4.74 Å². The van der Waals surface area contributed by atoms with Gasteiger partial charge < -0.3 is 4.74 Å². The van der Waals surface area contributed by atoms with E-state index in [1.54, 1.807) is 0 Å². The average Bonchev–Trinajstić information content (AvgIpc) is 2.41. The maximum absolute atomic E-state index is 5.68. The highest BCUT2D eigenvalue weighted by Crippen LogP contribution is 2.55. The summed E-state index contributed by atoms with van der Waals surface area (Å²) in [7, 11) is 0. The molecule has 1 aliphatic heterocycles. The lowest BCUT2D eigenvalue weighted by atomic mass is 9.73. The molecule has 2 rings (SSSR count). The Kier molecular flexibility index (Phi) is 1.05. The Morgan fingerprint density at radius 2 is 1.90 bits per heavy atom. The van der Waals surface area contributed by atoms with Gasteiger partial charge in [-0.1, -0.05) is 13.8 Å². The first-order valence-corrected chi connectivity index (χ1v) is 4.22. The number of fused-ring (bicyclic) bond motifs is 1. The van der Waals surface area contributed by atoms with Gasteiger partial charge in [0.2, 0.25) is 0 Å². The quantitative estimate of drug-likeness (QED) is 0.470. The topological polar surface area (TPSA) is 12.5 Å². The van der Waals surface area contributed by atoms with Gasteiger partial charge in [0.25, 0.3) is 0 Å². The third-order valence-corrected chi connectivity index (χ3v) is 3.09. The summed E-state index contributed by atoms with van der Waals surface area (Å²) in [4.78, 5) is 0. The van der Waals surface area contributed by atoms with E-state index in [4.69, 9.17) is 4.74 Å². The summed E-state index contributed by atoms with van der Waals surface area (Å²) >= 11 is 0. The molecule has 0 bridgehead atoms. The zero-order valence-corrected chi connectivity index (χ0v) is 7.11. The Hall–Kier alpha value is -0.0400. The number of hydrogen-bond donors (Lipinski definition) is 0. The number of ether oxygens (including phenoxy) is 1. The van der Waals surface area contributed by atoms with Gasteiger partial charge >= 0.3 is 0 Å². The third-order valence-electron chi connectivity index (χ3n) is 3.09. The molecule has 0 aromatic rings. The first-order chi connectivity index (χ1) is 4.55. The molecule has 0 N–H and O–H groups in total. The lowest BCUT2D eigenvalue weighted by molar-refractivity contribution is 0.229. The smallest absolute Gasteiger partial charge is 0.0926 e. The third kappa shape index (κ3) is 0.731. The predicted molar refractivity (Wildman–Crippen MR) is 40.9 cm³/mol. The molecule has 0 spiro atoms. The standard InChI is InChI=1S/C9H16O/c1-8(2)5-4-6-9(3)7(8)10-9/h7H,4-6H2,1-3H3/t7-,9-/m0/s1. The van der Waals surface area contributed by atoms with Crippen LogP contribution in [-0.2, 0) is 4.74 Å². The average molecular weight is 140 g/mol. The zero-order chi connectivity index (χ0) is 7.41. The van der Waals surface area contributed by atoms with Gasteiger partial charge in [-0.3, -0.25) is 0 Å². The molecule has 1 nitrogen and oxygen atoms in total. The summed E-state index contributed by atoms with van der Waals surface area (Å²) in [5.74, 6) is 0. The van der Waals surface area contributed by atoms with E-state index in [1.807, 2.05) is 0 Å². The zero-order valence-electron chi connectivity index (χ0n) is 7.11. The van der Waals surface area contributed by atoms with Crippen molar-refractivity contribution >= 4 is 0 Å². The summed E-state index contributed by atoms with van der Waals surface area (Å²) in [5.41, 5.74) is 0.731. The minimum Gasteiger partial charge on any atom is -0.366 e. The molecule has 1 heterocycles. The van der Waals surface area contributed by atoms with Gasteiger partial charge in [-0.05, 0) is 31.6 Å². The summed E-state index contributed by atoms with van der Waals surface area (Å²) in [6, 6.07) is 0. The number of hydrogen-bond acceptors (Lipinski definition) is 1.